The summed E-state index contributed by atoms with van der Waals surface area (Å²) < 4.78 is 26.9. The van der Waals surface area contributed by atoms with Gasteiger partial charge in [0, 0.05) is 11.6 Å². The van der Waals surface area contributed by atoms with E-state index in [2.05, 4.69) is 0 Å². The molecule has 0 heterocycles. The zero-order valence-electron chi connectivity index (χ0n) is 11.3. The van der Waals surface area contributed by atoms with Gasteiger partial charge >= 0.3 is 0 Å². The molecule has 0 radical (unpaired) electrons. The number of hydrogen-bond donors (Lipinski definition) is 1. The van der Waals surface area contributed by atoms with Crippen molar-refractivity contribution in [2.45, 2.75) is 11.8 Å². The van der Waals surface area contributed by atoms with Crippen LogP contribution in [0.4, 0.5) is 11.4 Å². The van der Waals surface area contributed by atoms with Crippen molar-refractivity contribution in [3.8, 4) is 0 Å². The van der Waals surface area contributed by atoms with E-state index in [-0.39, 0.29) is 22.2 Å². The van der Waals surface area contributed by atoms with Crippen molar-refractivity contribution >= 4 is 44.6 Å². The fraction of sp³-hybridized carbons (Fsp3) is 0.143. The topological polar surface area (TPSA) is 63.4 Å². The first-order valence-corrected chi connectivity index (χ1v) is 8.39. The van der Waals surface area contributed by atoms with Crippen LogP contribution in [-0.2, 0) is 10.0 Å². The molecule has 0 aromatic heterocycles. The molecule has 7 heteroatoms. The van der Waals surface area contributed by atoms with Gasteiger partial charge in [0.1, 0.15) is 4.90 Å². The van der Waals surface area contributed by atoms with E-state index >= 15 is 0 Å². The lowest BCUT2D eigenvalue weighted by atomic mass is 10.3. The van der Waals surface area contributed by atoms with Gasteiger partial charge in [-0.05, 0) is 31.2 Å². The summed E-state index contributed by atoms with van der Waals surface area (Å²) in [6, 6.07) is 11.5. The van der Waals surface area contributed by atoms with Crippen molar-refractivity contribution in [3.05, 3.63) is 52.5 Å². The lowest BCUT2D eigenvalue weighted by Gasteiger charge is -2.24. The quantitative estimate of drug-likeness (QED) is 0.858. The van der Waals surface area contributed by atoms with E-state index in [0.29, 0.717) is 10.7 Å². The molecule has 0 saturated heterocycles. The molecular formula is C14H14Cl2N2O2S. The SMILES string of the molecule is CCN(c1ccccc1)S(=O)(=O)c1c(N)cc(Cl)cc1Cl. The molecule has 2 rings (SSSR count). The van der Waals surface area contributed by atoms with E-state index in [0.717, 1.165) is 0 Å². The van der Waals surface area contributed by atoms with E-state index < -0.39 is 10.0 Å². The molecule has 21 heavy (non-hydrogen) atoms. The summed E-state index contributed by atoms with van der Waals surface area (Å²) in [6.45, 7) is 2.00. The van der Waals surface area contributed by atoms with Crippen molar-refractivity contribution in [1.29, 1.82) is 0 Å². The lowest BCUT2D eigenvalue weighted by Crippen LogP contribution is -2.31. The monoisotopic (exact) mass is 344 g/mol. The Balaban J connectivity index is 2.61. The zero-order valence-corrected chi connectivity index (χ0v) is 13.6. The van der Waals surface area contributed by atoms with Crippen LogP contribution in [0.3, 0.4) is 0 Å². The third-order valence-corrected chi connectivity index (χ3v) is 5.57. The van der Waals surface area contributed by atoms with Crippen LogP contribution < -0.4 is 10.0 Å². The highest BCUT2D eigenvalue weighted by molar-refractivity contribution is 7.93. The van der Waals surface area contributed by atoms with Crippen molar-refractivity contribution in [3.63, 3.8) is 0 Å². The second-order valence-corrected chi connectivity index (χ2v) is 6.95. The molecule has 2 aromatic rings. The number of para-hydroxylation sites is 1. The minimum atomic E-state index is -3.86. The van der Waals surface area contributed by atoms with Gasteiger partial charge in [0.15, 0.2) is 0 Å². The van der Waals surface area contributed by atoms with Crippen LogP contribution in [-0.4, -0.2) is 15.0 Å². The Labute approximate surface area is 134 Å². The summed E-state index contributed by atoms with van der Waals surface area (Å²) in [5.41, 5.74) is 6.38. The molecule has 0 aliphatic carbocycles. The summed E-state index contributed by atoms with van der Waals surface area (Å²) in [7, 11) is -3.86. The van der Waals surface area contributed by atoms with Gasteiger partial charge in [0.25, 0.3) is 10.0 Å². The first-order chi connectivity index (χ1) is 9.87. The molecule has 0 aliphatic heterocycles. The van der Waals surface area contributed by atoms with Crippen molar-refractivity contribution in [2.75, 3.05) is 16.6 Å². The van der Waals surface area contributed by atoms with Crippen LogP contribution in [0.2, 0.25) is 10.0 Å². The first kappa shape index (κ1) is 15.9. The summed E-state index contributed by atoms with van der Waals surface area (Å²) in [5.74, 6) is 0. The molecule has 0 atom stereocenters. The molecule has 112 valence electrons. The predicted octanol–water partition coefficient (Wildman–Crippen LogP) is 3.79. The molecule has 0 unspecified atom stereocenters. The van der Waals surface area contributed by atoms with Gasteiger partial charge in [0.2, 0.25) is 0 Å². The third kappa shape index (κ3) is 3.10. The number of rotatable bonds is 4. The predicted molar refractivity (Wildman–Crippen MR) is 87.5 cm³/mol. The summed E-state index contributed by atoms with van der Waals surface area (Å²) in [4.78, 5) is -0.126. The zero-order chi connectivity index (χ0) is 15.6. The fourth-order valence-electron chi connectivity index (χ4n) is 2.05. The molecule has 0 bridgehead atoms. The number of nitrogen functional groups attached to an aromatic ring is 1. The number of hydrogen-bond acceptors (Lipinski definition) is 3. The highest BCUT2D eigenvalue weighted by atomic mass is 35.5. The number of nitrogens with zero attached hydrogens (tertiary/aromatic N) is 1. The Morgan fingerprint density at radius 1 is 1.14 bits per heavy atom. The Morgan fingerprint density at radius 2 is 1.76 bits per heavy atom. The second kappa shape index (κ2) is 6.13. The maximum absolute atomic E-state index is 12.8. The van der Waals surface area contributed by atoms with E-state index in [1.165, 1.54) is 16.4 Å². The van der Waals surface area contributed by atoms with Gasteiger partial charge < -0.3 is 5.73 Å². The minimum absolute atomic E-state index is 0.00869. The molecular weight excluding hydrogens is 331 g/mol. The van der Waals surface area contributed by atoms with Crippen molar-refractivity contribution in [1.82, 2.24) is 0 Å². The second-order valence-electron chi connectivity index (χ2n) is 4.31. The number of anilines is 2. The van der Waals surface area contributed by atoms with E-state index in [9.17, 15) is 8.42 Å². The molecule has 0 aliphatic rings. The Kier molecular flexibility index (Phi) is 4.66. The summed E-state index contributed by atoms with van der Waals surface area (Å²) >= 11 is 11.9. The summed E-state index contributed by atoms with van der Waals surface area (Å²) in [5, 5.41) is 0.300. The Morgan fingerprint density at radius 3 is 2.29 bits per heavy atom. The van der Waals surface area contributed by atoms with Crippen LogP contribution in [0, 0.1) is 0 Å². The molecule has 0 saturated carbocycles. The van der Waals surface area contributed by atoms with E-state index in [1.807, 2.05) is 6.07 Å². The highest BCUT2D eigenvalue weighted by Crippen LogP contribution is 2.34. The maximum Gasteiger partial charge on any atom is 0.267 e. The molecule has 2 N–H and O–H groups in total. The minimum Gasteiger partial charge on any atom is -0.398 e. The Hall–Kier alpha value is -1.43. The number of sulfonamides is 1. The largest absolute Gasteiger partial charge is 0.398 e. The smallest absolute Gasteiger partial charge is 0.267 e. The maximum atomic E-state index is 12.8. The van der Waals surface area contributed by atoms with E-state index in [4.69, 9.17) is 28.9 Å². The van der Waals surface area contributed by atoms with Crippen LogP contribution >= 0.6 is 23.2 Å². The number of nitrogens with two attached hydrogens (primary N) is 1. The van der Waals surface area contributed by atoms with Crippen LogP contribution in [0.1, 0.15) is 6.92 Å². The molecule has 0 spiro atoms. The van der Waals surface area contributed by atoms with Gasteiger partial charge in [-0.2, -0.15) is 0 Å². The normalized spacial score (nSPS) is 11.4. The number of benzene rings is 2. The molecule has 2 aromatic carbocycles. The molecule has 0 amide bonds. The lowest BCUT2D eigenvalue weighted by molar-refractivity contribution is 0.592. The van der Waals surface area contributed by atoms with Crippen LogP contribution in [0.25, 0.3) is 0 Å². The average Bonchev–Trinajstić information content (AvgIpc) is 2.38. The highest BCUT2D eigenvalue weighted by Gasteiger charge is 2.28. The van der Waals surface area contributed by atoms with Crippen molar-refractivity contribution in [2.24, 2.45) is 0 Å². The van der Waals surface area contributed by atoms with Gasteiger partial charge in [-0.1, -0.05) is 41.4 Å². The molecule has 0 fully saturated rings. The third-order valence-electron chi connectivity index (χ3n) is 2.92. The van der Waals surface area contributed by atoms with Crippen LogP contribution in [0.15, 0.2) is 47.4 Å². The van der Waals surface area contributed by atoms with Gasteiger partial charge in [-0.3, -0.25) is 4.31 Å². The van der Waals surface area contributed by atoms with Crippen LogP contribution in [0.5, 0.6) is 0 Å². The number of halogens is 2. The first-order valence-electron chi connectivity index (χ1n) is 6.20. The fourth-order valence-corrected chi connectivity index (χ4v) is 4.47. The van der Waals surface area contributed by atoms with Crippen molar-refractivity contribution < 1.29 is 8.42 Å². The van der Waals surface area contributed by atoms with Gasteiger partial charge in [-0.25, -0.2) is 8.42 Å². The average molecular weight is 345 g/mol. The standard InChI is InChI=1S/C14H14Cl2N2O2S/c1-2-18(11-6-4-3-5-7-11)21(19,20)14-12(16)8-10(15)9-13(14)17/h3-9H,2,17H2,1H3. The Bertz CT molecular complexity index is 726. The summed E-state index contributed by atoms with van der Waals surface area (Å²) in [6.07, 6.45) is 0. The van der Waals surface area contributed by atoms with Gasteiger partial charge in [-0.15, -0.1) is 0 Å². The molecule has 4 nitrogen and oxygen atoms in total. The van der Waals surface area contributed by atoms with Gasteiger partial charge in [0.05, 0.1) is 16.4 Å². The van der Waals surface area contributed by atoms with E-state index in [1.54, 1.807) is 31.2 Å².